The van der Waals surface area contributed by atoms with Crippen molar-refractivity contribution in [1.29, 1.82) is 0 Å². The molecule has 0 saturated heterocycles. The van der Waals surface area contributed by atoms with Gasteiger partial charge in [-0.15, -0.1) is 0 Å². The molecule has 0 bridgehead atoms. The lowest BCUT2D eigenvalue weighted by atomic mass is 9.87. The lowest BCUT2D eigenvalue weighted by Crippen LogP contribution is -2.24. The van der Waals surface area contributed by atoms with E-state index >= 15 is 0 Å². The van der Waals surface area contributed by atoms with Crippen molar-refractivity contribution >= 4 is 17.3 Å². The fourth-order valence-corrected chi connectivity index (χ4v) is 3.41. The van der Waals surface area contributed by atoms with Crippen LogP contribution in [0.4, 0.5) is 11.4 Å². The number of carboxylic acid groups (broad SMARTS) is 1. The Labute approximate surface area is 159 Å². The third-order valence-corrected chi connectivity index (χ3v) is 5.05. The van der Waals surface area contributed by atoms with Gasteiger partial charge in [0.25, 0.3) is 0 Å². The van der Waals surface area contributed by atoms with Gasteiger partial charge in [0.15, 0.2) is 0 Å². The van der Waals surface area contributed by atoms with Crippen LogP contribution >= 0.6 is 0 Å². The summed E-state index contributed by atoms with van der Waals surface area (Å²) in [6.45, 7) is 6.15. The Kier molecular flexibility index (Phi) is 5.55. The second-order valence-electron chi connectivity index (χ2n) is 6.68. The highest BCUT2D eigenvalue weighted by Gasteiger charge is 2.19. The molecule has 0 aliphatic rings. The quantitative estimate of drug-likeness (QED) is 0.711. The predicted octanol–water partition coefficient (Wildman–Crippen LogP) is 4.35. The molecule has 3 aromatic rings. The van der Waals surface area contributed by atoms with Crippen LogP contribution in [0.5, 0.6) is 0 Å². The highest BCUT2D eigenvalue weighted by molar-refractivity contribution is 5.95. The van der Waals surface area contributed by atoms with E-state index in [0.29, 0.717) is 5.69 Å². The van der Waals surface area contributed by atoms with Crippen molar-refractivity contribution in [2.24, 2.45) is 0 Å². The zero-order valence-electron chi connectivity index (χ0n) is 15.8. The van der Waals surface area contributed by atoms with Crippen LogP contribution in [0.3, 0.4) is 0 Å². The maximum absolute atomic E-state index is 11.8. The molecule has 1 atom stereocenters. The van der Waals surface area contributed by atoms with E-state index in [-0.39, 0.29) is 11.5 Å². The maximum Gasteiger partial charge on any atom is 0.0736 e. The van der Waals surface area contributed by atoms with Gasteiger partial charge in [0, 0.05) is 29.6 Å². The Bertz CT molecular complexity index is 952. The summed E-state index contributed by atoms with van der Waals surface area (Å²) < 4.78 is 0. The third-order valence-electron chi connectivity index (χ3n) is 5.05. The first-order chi connectivity index (χ1) is 13.0. The number of carboxylic acids is 1. The topological polar surface area (TPSA) is 65.0 Å². The van der Waals surface area contributed by atoms with Gasteiger partial charge in [-0.1, -0.05) is 43.3 Å². The molecule has 1 unspecified atom stereocenters. The molecule has 3 rings (SSSR count). The van der Waals surface area contributed by atoms with E-state index < -0.39 is 5.97 Å². The number of pyridine rings is 1. The number of nitrogens with one attached hydrogen (secondary N) is 1. The van der Waals surface area contributed by atoms with Crippen LogP contribution in [-0.4, -0.2) is 11.0 Å². The Morgan fingerprint density at radius 3 is 2.56 bits per heavy atom. The molecule has 0 amide bonds. The first-order valence-corrected chi connectivity index (χ1v) is 9.10. The molecule has 1 N–H and O–H groups in total. The van der Waals surface area contributed by atoms with Crippen LogP contribution in [0, 0.1) is 13.8 Å². The number of anilines is 2. The average molecular weight is 359 g/mol. The minimum atomic E-state index is -1.19. The fourth-order valence-electron chi connectivity index (χ4n) is 3.41. The molecule has 4 heteroatoms. The van der Waals surface area contributed by atoms with Crippen LogP contribution in [-0.2, 0) is 0 Å². The normalized spacial score (nSPS) is 11.8. The molecule has 0 saturated carbocycles. The second-order valence-corrected chi connectivity index (χ2v) is 6.68. The standard InChI is InChI=1S/C23H24N2O2/c1-4-18(17-9-7-13-24-14-17)19-10-6-11-20(23(26)27)22(19)25-21-12-5-8-15(2)16(21)3/h5-14,18,25H,4H2,1-3H3,(H,26,27)/p-1. The first kappa shape index (κ1) is 18.6. The SMILES string of the molecule is CCC(c1cccnc1)c1cccc(C(=O)[O-])c1Nc1cccc(C)c1C. The molecule has 0 spiro atoms. The number of carbonyl (C=O) groups is 1. The van der Waals surface area contributed by atoms with Crippen molar-refractivity contribution < 1.29 is 9.90 Å². The van der Waals surface area contributed by atoms with Crippen LogP contribution in [0.25, 0.3) is 0 Å². The lowest BCUT2D eigenvalue weighted by molar-refractivity contribution is -0.254. The lowest BCUT2D eigenvalue weighted by Gasteiger charge is -2.24. The number of nitrogens with zero attached hydrogens (tertiary/aromatic N) is 1. The van der Waals surface area contributed by atoms with Gasteiger partial charge in [-0.05, 0) is 54.7 Å². The molecule has 0 aliphatic heterocycles. The summed E-state index contributed by atoms with van der Waals surface area (Å²) in [5.41, 5.74) is 5.86. The van der Waals surface area contributed by atoms with E-state index in [9.17, 15) is 9.90 Å². The van der Waals surface area contributed by atoms with Gasteiger partial charge >= 0.3 is 0 Å². The summed E-state index contributed by atoms with van der Waals surface area (Å²) in [5.74, 6) is -1.16. The van der Waals surface area contributed by atoms with E-state index in [0.717, 1.165) is 34.4 Å². The Hall–Kier alpha value is -3.14. The van der Waals surface area contributed by atoms with Gasteiger partial charge in [0.1, 0.15) is 0 Å². The summed E-state index contributed by atoms with van der Waals surface area (Å²) in [6.07, 6.45) is 4.40. The van der Waals surface area contributed by atoms with Gasteiger partial charge in [-0.25, -0.2) is 0 Å². The van der Waals surface area contributed by atoms with E-state index in [1.807, 2.05) is 56.4 Å². The monoisotopic (exact) mass is 359 g/mol. The van der Waals surface area contributed by atoms with Crippen molar-refractivity contribution in [2.75, 3.05) is 5.32 Å². The van der Waals surface area contributed by atoms with Crippen molar-refractivity contribution in [2.45, 2.75) is 33.1 Å². The first-order valence-electron chi connectivity index (χ1n) is 9.10. The minimum Gasteiger partial charge on any atom is -0.545 e. The Morgan fingerprint density at radius 1 is 1.11 bits per heavy atom. The third kappa shape index (κ3) is 3.85. The van der Waals surface area contributed by atoms with E-state index in [1.165, 1.54) is 0 Å². The molecular weight excluding hydrogens is 336 g/mol. The molecule has 0 aliphatic carbocycles. The molecule has 0 fully saturated rings. The summed E-state index contributed by atoms with van der Waals surface area (Å²) in [4.78, 5) is 16.0. The number of hydrogen-bond acceptors (Lipinski definition) is 4. The number of aromatic carboxylic acids is 1. The van der Waals surface area contributed by atoms with Crippen LogP contribution in [0.2, 0.25) is 0 Å². The van der Waals surface area contributed by atoms with Gasteiger partial charge in [0.2, 0.25) is 0 Å². The molecule has 27 heavy (non-hydrogen) atoms. The van der Waals surface area contributed by atoms with E-state index in [1.54, 1.807) is 18.3 Å². The number of hydrogen-bond donors (Lipinski definition) is 1. The van der Waals surface area contributed by atoms with Crippen LogP contribution < -0.4 is 10.4 Å². The summed E-state index contributed by atoms with van der Waals surface area (Å²) >= 11 is 0. The largest absolute Gasteiger partial charge is 0.545 e. The van der Waals surface area contributed by atoms with Gasteiger partial charge in [-0.2, -0.15) is 0 Å². The predicted molar refractivity (Wildman–Crippen MR) is 106 cm³/mol. The molecule has 0 radical (unpaired) electrons. The summed E-state index contributed by atoms with van der Waals surface area (Å²) in [7, 11) is 0. The summed E-state index contributed by atoms with van der Waals surface area (Å²) in [6, 6.07) is 15.2. The number of carbonyl (C=O) groups excluding carboxylic acids is 1. The smallest absolute Gasteiger partial charge is 0.0736 e. The average Bonchev–Trinajstić information content (AvgIpc) is 2.67. The molecule has 4 nitrogen and oxygen atoms in total. The molecule has 1 aromatic heterocycles. The van der Waals surface area contributed by atoms with E-state index in [4.69, 9.17) is 0 Å². The Balaban J connectivity index is 2.16. The second kappa shape index (κ2) is 8.04. The maximum atomic E-state index is 11.8. The molecule has 1 heterocycles. The van der Waals surface area contributed by atoms with Gasteiger partial charge < -0.3 is 15.2 Å². The number of para-hydroxylation sites is 1. The number of benzene rings is 2. The van der Waals surface area contributed by atoms with Crippen molar-refractivity contribution in [1.82, 2.24) is 4.98 Å². The fraction of sp³-hybridized carbons (Fsp3) is 0.217. The van der Waals surface area contributed by atoms with Gasteiger partial charge in [-0.3, -0.25) is 4.98 Å². The van der Waals surface area contributed by atoms with Gasteiger partial charge in [0.05, 0.1) is 11.7 Å². The molecule has 138 valence electrons. The van der Waals surface area contributed by atoms with Crippen molar-refractivity contribution in [3.05, 3.63) is 88.7 Å². The highest BCUT2D eigenvalue weighted by Crippen LogP contribution is 2.37. The summed E-state index contributed by atoms with van der Waals surface area (Å²) in [5, 5.41) is 15.2. The molecule has 2 aromatic carbocycles. The number of rotatable bonds is 6. The van der Waals surface area contributed by atoms with Crippen molar-refractivity contribution in [3.63, 3.8) is 0 Å². The van der Waals surface area contributed by atoms with Crippen LogP contribution in [0.15, 0.2) is 60.9 Å². The minimum absolute atomic E-state index is 0.0330. The van der Waals surface area contributed by atoms with E-state index in [2.05, 4.69) is 17.2 Å². The molecular formula is C23H23N2O2-. The Morgan fingerprint density at radius 2 is 1.89 bits per heavy atom. The van der Waals surface area contributed by atoms with Crippen molar-refractivity contribution in [3.8, 4) is 0 Å². The highest BCUT2D eigenvalue weighted by atomic mass is 16.4. The zero-order valence-corrected chi connectivity index (χ0v) is 15.8. The van der Waals surface area contributed by atoms with Crippen LogP contribution in [0.1, 0.15) is 51.9 Å². The number of aryl methyl sites for hydroxylation is 1. The zero-order chi connectivity index (χ0) is 19.4. The number of aromatic nitrogens is 1.